The van der Waals surface area contributed by atoms with Crippen LogP contribution in [0.5, 0.6) is 0 Å². The number of esters is 2. The summed E-state index contributed by atoms with van der Waals surface area (Å²) in [6.45, 7) is 4.33. The predicted molar refractivity (Wildman–Crippen MR) is 305 cm³/mol. The molecule has 0 aromatic carbocycles. The van der Waals surface area contributed by atoms with Gasteiger partial charge < -0.3 is 33.3 Å². The quantitative estimate of drug-likeness (QED) is 0.0195. The lowest BCUT2D eigenvalue weighted by molar-refractivity contribution is -0.870. The zero-order valence-corrected chi connectivity index (χ0v) is 45.9. The number of quaternary nitrogens is 1. The van der Waals surface area contributed by atoms with Crippen molar-refractivity contribution in [3.8, 4) is 0 Å². The topological polar surface area (TPSA) is 111 Å². The molecule has 9 heteroatoms. The summed E-state index contributed by atoms with van der Waals surface area (Å²) in [5.74, 6) is -2.50. The van der Waals surface area contributed by atoms with Crippen LogP contribution >= 0.6 is 0 Å². The van der Waals surface area contributed by atoms with Crippen molar-refractivity contribution in [1.82, 2.24) is 0 Å². The summed E-state index contributed by atoms with van der Waals surface area (Å²) in [6, 6.07) is 0. The van der Waals surface area contributed by atoms with Gasteiger partial charge in [0.05, 0.1) is 46.7 Å². The Morgan fingerprint density at radius 1 is 0.425 bits per heavy atom. The molecule has 0 fully saturated rings. The molecule has 0 spiro atoms. The molecule has 0 aliphatic rings. The summed E-state index contributed by atoms with van der Waals surface area (Å²) in [6.07, 6.45) is 77.2. The molecular formula is C64H97NO8. The van der Waals surface area contributed by atoms with Crippen LogP contribution in [0.3, 0.4) is 0 Å². The molecule has 2 unspecified atom stereocenters. The van der Waals surface area contributed by atoms with Gasteiger partial charge in [0.2, 0.25) is 0 Å². The third-order valence-electron chi connectivity index (χ3n) is 10.5. The van der Waals surface area contributed by atoms with Crippen molar-refractivity contribution >= 4 is 17.9 Å². The summed E-state index contributed by atoms with van der Waals surface area (Å²) < 4.78 is 22.5. The van der Waals surface area contributed by atoms with Gasteiger partial charge in [-0.05, 0) is 109 Å². The van der Waals surface area contributed by atoms with Crippen molar-refractivity contribution in [1.29, 1.82) is 0 Å². The largest absolute Gasteiger partial charge is 0.545 e. The second kappa shape index (κ2) is 53.0. The van der Waals surface area contributed by atoms with E-state index in [1.165, 1.54) is 0 Å². The number of carboxylic acid groups (broad SMARTS) is 1. The van der Waals surface area contributed by atoms with E-state index in [1.807, 2.05) is 33.3 Å². The van der Waals surface area contributed by atoms with Gasteiger partial charge in [0.1, 0.15) is 13.2 Å². The molecule has 0 rings (SSSR count). The zero-order chi connectivity index (χ0) is 53.4. The predicted octanol–water partition coefficient (Wildman–Crippen LogP) is 14.7. The third kappa shape index (κ3) is 54.3. The number of aliphatic carboxylic acids is 1. The van der Waals surface area contributed by atoms with Gasteiger partial charge in [0, 0.05) is 6.42 Å². The highest BCUT2D eigenvalue weighted by atomic mass is 16.7. The molecule has 0 saturated carbocycles. The maximum atomic E-state index is 12.8. The lowest BCUT2D eigenvalue weighted by Gasteiger charge is -2.26. The number of unbranched alkanes of at least 4 members (excludes halogenated alkanes) is 5. The van der Waals surface area contributed by atoms with Crippen LogP contribution in [0.2, 0.25) is 0 Å². The maximum Gasteiger partial charge on any atom is 0.309 e. The highest BCUT2D eigenvalue weighted by molar-refractivity contribution is 5.71. The summed E-state index contributed by atoms with van der Waals surface area (Å²) in [5, 5.41) is 11.7. The number of nitrogens with zero attached hydrogens (tertiary/aromatic N) is 1. The lowest BCUT2D eigenvalue weighted by atomic mass is 10.1. The van der Waals surface area contributed by atoms with Gasteiger partial charge in [-0.2, -0.15) is 0 Å². The number of hydrogen-bond donors (Lipinski definition) is 0. The standard InChI is InChI=1S/C64H97NO8/c1-6-8-10-12-14-16-18-20-22-23-24-25-26-27-28-29-30-31-32-33-34-35-36-37-38-39-41-43-45-47-49-51-53-55-62(67)73-60(59-72-64(63(68)69)70-57-56-65(3,4)5)58-71-61(66)54-52-50-48-46-44-42-40-21-19-17-15-13-11-9-7-2/h8-11,14-17,20-22,24-25,27-28,30-31,33-34,36-37,39-41,44,46,50,52,60,64H,6-7,12-13,18-19,23,26,29,32,35,38,42-43,45,47-49,51,53-59H2,1-5H3/b10-8-,11-9-,16-14-,17-15-,22-20-,25-24-,28-27-,31-30-,34-33-,37-36-,40-21-,41-39-,46-44-,52-50-. The second-order valence-corrected chi connectivity index (χ2v) is 18.4. The SMILES string of the molecule is CC/C=C\C/C=C\C/C=C\C/C=C\C/C=C\C/C=C\C/C=C\C/C=C\C/C=C\CCCCCCCC(=O)OC(COC(=O)C/C=C\C/C=C\C/C=C\C/C=C\C/C=C\CC)COC(OCC[N+](C)(C)C)C(=O)[O-]. The molecule has 0 aromatic rings. The minimum Gasteiger partial charge on any atom is -0.545 e. The van der Waals surface area contributed by atoms with Crippen LogP contribution in [0, 0.1) is 0 Å². The molecule has 0 aromatic heterocycles. The number of carboxylic acids is 1. The normalized spacial score (nSPS) is 14.2. The first-order valence-corrected chi connectivity index (χ1v) is 27.3. The van der Waals surface area contributed by atoms with Crippen LogP contribution < -0.4 is 5.11 Å². The van der Waals surface area contributed by atoms with Crippen molar-refractivity contribution in [3.63, 3.8) is 0 Å². The van der Waals surface area contributed by atoms with E-state index in [9.17, 15) is 19.5 Å². The Hall–Kier alpha value is -5.35. The molecule has 0 N–H and O–H groups in total. The molecule has 0 bridgehead atoms. The van der Waals surface area contributed by atoms with Crippen molar-refractivity contribution in [3.05, 3.63) is 170 Å². The van der Waals surface area contributed by atoms with Gasteiger partial charge in [0.15, 0.2) is 12.4 Å². The average molecular weight is 1010 g/mol. The monoisotopic (exact) mass is 1010 g/mol. The Morgan fingerprint density at radius 2 is 0.781 bits per heavy atom. The summed E-state index contributed by atoms with van der Waals surface area (Å²) in [4.78, 5) is 37.1. The fourth-order valence-electron chi connectivity index (χ4n) is 6.36. The van der Waals surface area contributed by atoms with Crippen molar-refractivity contribution in [2.75, 3.05) is 47.5 Å². The molecule has 73 heavy (non-hydrogen) atoms. The van der Waals surface area contributed by atoms with E-state index in [1.54, 1.807) is 6.08 Å². The molecule has 0 aliphatic heterocycles. The van der Waals surface area contributed by atoms with E-state index >= 15 is 0 Å². The van der Waals surface area contributed by atoms with Gasteiger partial charge in [-0.15, -0.1) is 0 Å². The van der Waals surface area contributed by atoms with E-state index in [0.717, 1.165) is 116 Å². The van der Waals surface area contributed by atoms with Crippen LogP contribution in [-0.4, -0.2) is 82.3 Å². The summed E-state index contributed by atoms with van der Waals surface area (Å²) >= 11 is 0. The van der Waals surface area contributed by atoms with E-state index < -0.39 is 30.3 Å². The number of carbonyl (C=O) groups excluding carboxylic acids is 3. The van der Waals surface area contributed by atoms with Gasteiger partial charge in [-0.25, -0.2) is 0 Å². The van der Waals surface area contributed by atoms with E-state index in [-0.39, 0.29) is 32.7 Å². The fourth-order valence-corrected chi connectivity index (χ4v) is 6.36. The van der Waals surface area contributed by atoms with Gasteiger partial charge in [-0.3, -0.25) is 9.59 Å². The minimum absolute atomic E-state index is 0.0445. The van der Waals surface area contributed by atoms with E-state index in [4.69, 9.17) is 18.9 Å². The first-order valence-electron chi connectivity index (χ1n) is 27.3. The van der Waals surface area contributed by atoms with E-state index in [0.29, 0.717) is 23.9 Å². The van der Waals surface area contributed by atoms with Crippen molar-refractivity contribution in [2.24, 2.45) is 0 Å². The van der Waals surface area contributed by atoms with Crippen LogP contribution in [0.15, 0.2) is 170 Å². The Balaban J connectivity index is 4.41. The first-order chi connectivity index (χ1) is 35.6. The van der Waals surface area contributed by atoms with Crippen molar-refractivity contribution < 1.29 is 42.9 Å². The van der Waals surface area contributed by atoms with Gasteiger partial charge in [0.25, 0.3) is 0 Å². The molecule has 0 radical (unpaired) electrons. The average Bonchev–Trinajstić information content (AvgIpc) is 3.36. The number of ether oxygens (including phenoxy) is 4. The van der Waals surface area contributed by atoms with Crippen LogP contribution in [0.25, 0.3) is 0 Å². The molecule has 9 nitrogen and oxygen atoms in total. The number of likely N-dealkylation sites (N-methyl/N-ethyl adjacent to an activating group) is 1. The Morgan fingerprint density at radius 3 is 1.16 bits per heavy atom. The molecule has 2 atom stereocenters. The molecular weight excluding hydrogens is 911 g/mol. The van der Waals surface area contributed by atoms with E-state index in [2.05, 4.69) is 166 Å². The number of carbonyl (C=O) groups is 3. The summed E-state index contributed by atoms with van der Waals surface area (Å²) in [5.41, 5.74) is 0. The lowest BCUT2D eigenvalue weighted by Crippen LogP contribution is -2.44. The summed E-state index contributed by atoms with van der Waals surface area (Å²) in [7, 11) is 5.86. The minimum atomic E-state index is -1.66. The molecule has 406 valence electrons. The highest BCUT2D eigenvalue weighted by Crippen LogP contribution is 2.11. The second-order valence-electron chi connectivity index (χ2n) is 18.4. The Labute approximate surface area is 444 Å². The van der Waals surface area contributed by atoms with Gasteiger partial charge >= 0.3 is 11.9 Å². The molecule has 0 heterocycles. The van der Waals surface area contributed by atoms with Crippen LogP contribution in [0.4, 0.5) is 0 Å². The molecule has 0 aliphatic carbocycles. The molecule has 0 saturated heterocycles. The molecule has 0 amide bonds. The number of hydrogen-bond acceptors (Lipinski definition) is 8. The van der Waals surface area contributed by atoms with Crippen molar-refractivity contribution in [2.45, 2.75) is 167 Å². The zero-order valence-electron chi connectivity index (χ0n) is 45.9. The first kappa shape index (κ1) is 67.6. The van der Waals surface area contributed by atoms with Gasteiger partial charge in [-0.1, -0.05) is 203 Å². The highest BCUT2D eigenvalue weighted by Gasteiger charge is 2.21. The smallest absolute Gasteiger partial charge is 0.309 e. The van der Waals surface area contributed by atoms with Crippen LogP contribution in [0.1, 0.15) is 155 Å². The fraction of sp³-hybridized carbons (Fsp3) is 0.516. The number of allylic oxidation sites excluding steroid dienone is 27. The Kier molecular flexibility index (Phi) is 49.1. The number of rotatable bonds is 47. The van der Waals surface area contributed by atoms with Crippen LogP contribution in [-0.2, 0) is 33.3 Å². The third-order valence-corrected chi connectivity index (χ3v) is 10.5. The Bertz CT molecular complexity index is 1790. The maximum absolute atomic E-state index is 12.8.